The van der Waals surface area contributed by atoms with Gasteiger partial charge in [-0.1, -0.05) is 34.5 Å². The predicted molar refractivity (Wildman–Crippen MR) is 77.7 cm³/mol. The van der Waals surface area contributed by atoms with E-state index in [0.717, 1.165) is 12.0 Å². The Bertz CT molecular complexity index is 418. The van der Waals surface area contributed by atoms with Crippen LogP contribution < -0.4 is 10.1 Å². The van der Waals surface area contributed by atoms with Crippen LogP contribution >= 0.6 is 15.9 Å². The highest BCUT2D eigenvalue weighted by atomic mass is 79.9. The average Bonchev–Trinajstić information content (AvgIpc) is 2.27. The second-order valence-corrected chi connectivity index (χ2v) is 6.16. The average molecular weight is 314 g/mol. The zero-order valence-electron chi connectivity index (χ0n) is 11.3. The van der Waals surface area contributed by atoms with Gasteiger partial charge in [-0.2, -0.15) is 0 Å². The van der Waals surface area contributed by atoms with E-state index in [-0.39, 0.29) is 11.9 Å². The fourth-order valence-corrected chi connectivity index (χ4v) is 2.41. The van der Waals surface area contributed by atoms with Crippen LogP contribution in [0.25, 0.3) is 0 Å². The molecule has 1 aromatic carbocycles. The Hall–Kier alpha value is -1.03. The molecule has 0 saturated carbocycles. The van der Waals surface area contributed by atoms with Gasteiger partial charge in [-0.25, -0.2) is 0 Å². The summed E-state index contributed by atoms with van der Waals surface area (Å²) in [6.07, 6.45) is 0.889. The van der Waals surface area contributed by atoms with Gasteiger partial charge in [0.25, 0.3) is 5.91 Å². The first-order valence-corrected chi connectivity index (χ1v) is 6.95. The maximum Gasteiger partial charge on any atom is 0.255 e. The number of nitrogens with one attached hydrogen (secondary N) is 1. The Morgan fingerprint density at radius 1 is 1.44 bits per heavy atom. The van der Waals surface area contributed by atoms with E-state index < -0.39 is 0 Å². The summed E-state index contributed by atoms with van der Waals surface area (Å²) >= 11 is 3.48. The van der Waals surface area contributed by atoms with Crippen molar-refractivity contribution in [3.63, 3.8) is 0 Å². The molecule has 0 heterocycles. The molecule has 4 heteroatoms. The largest absolute Gasteiger partial charge is 0.496 e. The Morgan fingerprint density at radius 2 is 2.11 bits per heavy atom. The third kappa shape index (κ3) is 4.33. The Labute approximate surface area is 117 Å². The van der Waals surface area contributed by atoms with Gasteiger partial charge >= 0.3 is 0 Å². The fraction of sp³-hybridized carbons (Fsp3) is 0.500. The van der Waals surface area contributed by atoms with Crippen LogP contribution in [0.3, 0.4) is 0 Å². The van der Waals surface area contributed by atoms with E-state index in [9.17, 15) is 4.79 Å². The molecular formula is C14H20BrNO2. The van der Waals surface area contributed by atoms with Crippen molar-refractivity contribution in [2.45, 2.75) is 38.1 Å². The van der Waals surface area contributed by atoms with E-state index in [1.165, 1.54) is 0 Å². The highest BCUT2D eigenvalue weighted by Gasteiger charge is 2.15. The van der Waals surface area contributed by atoms with Gasteiger partial charge in [-0.05, 0) is 32.4 Å². The number of aryl methyl sites for hydroxylation is 1. The van der Waals surface area contributed by atoms with Gasteiger partial charge in [-0.3, -0.25) is 4.79 Å². The van der Waals surface area contributed by atoms with Gasteiger partial charge < -0.3 is 10.1 Å². The number of alkyl halides is 1. The normalized spacial score (nSPS) is 13.8. The van der Waals surface area contributed by atoms with Crippen molar-refractivity contribution < 1.29 is 9.53 Å². The summed E-state index contributed by atoms with van der Waals surface area (Å²) in [5.41, 5.74) is 1.63. The molecule has 2 atom stereocenters. The Kier molecular flexibility index (Phi) is 5.66. The molecule has 0 radical (unpaired) electrons. The molecule has 3 nitrogen and oxygen atoms in total. The molecular weight excluding hydrogens is 294 g/mol. The van der Waals surface area contributed by atoms with E-state index in [1.54, 1.807) is 7.11 Å². The number of hydrogen-bond donors (Lipinski definition) is 1. The summed E-state index contributed by atoms with van der Waals surface area (Å²) in [4.78, 5) is 12.5. The second-order valence-electron chi connectivity index (χ2n) is 4.59. The summed E-state index contributed by atoms with van der Waals surface area (Å²) in [7, 11) is 1.57. The predicted octanol–water partition coefficient (Wildman–Crippen LogP) is 3.30. The number of carbonyl (C=O) groups is 1. The molecule has 2 unspecified atom stereocenters. The van der Waals surface area contributed by atoms with Crippen molar-refractivity contribution in [2.24, 2.45) is 0 Å². The van der Waals surface area contributed by atoms with Gasteiger partial charge in [0.05, 0.1) is 12.7 Å². The van der Waals surface area contributed by atoms with E-state index >= 15 is 0 Å². The summed E-state index contributed by atoms with van der Waals surface area (Å²) in [6, 6.07) is 5.72. The summed E-state index contributed by atoms with van der Waals surface area (Å²) < 4.78 is 5.21. The lowest BCUT2D eigenvalue weighted by Crippen LogP contribution is -2.34. The Morgan fingerprint density at radius 3 is 2.67 bits per heavy atom. The van der Waals surface area contributed by atoms with Crippen molar-refractivity contribution >= 4 is 21.8 Å². The first-order valence-electron chi connectivity index (χ1n) is 6.03. The lowest BCUT2D eigenvalue weighted by Gasteiger charge is -2.16. The van der Waals surface area contributed by atoms with E-state index in [2.05, 4.69) is 28.2 Å². The highest BCUT2D eigenvalue weighted by Crippen LogP contribution is 2.20. The molecule has 0 aliphatic carbocycles. The third-order valence-electron chi connectivity index (χ3n) is 2.66. The molecule has 1 aromatic rings. The molecule has 0 saturated heterocycles. The molecule has 0 aliphatic heterocycles. The van der Waals surface area contributed by atoms with Crippen LogP contribution in [0, 0.1) is 6.92 Å². The minimum absolute atomic E-state index is 0.0869. The molecule has 0 aliphatic rings. The smallest absolute Gasteiger partial charge is 0.255 e. The van der Waals surface area contributed by atoms with E-state index in [0.29, 0.717) is 16.1 Å². The molecule has 0 bridgehead atoms. The number of hydrogen-bond acceptors (Lipinski definition) is 2. The van der Waals surface area contributed by atoms with Crippen LogP contribution in [0.15, 0.2) is 18.2 Å². The van der Waals surface area contributed by atoms with Gasteiger partial charge in [0, 0.05) is 10.9 Å². The summed E-state index contributed by atoms with van der Waals surface area (Å²) in [5, 5.41) is 2.98. The Balaban J connectivity index is 2.80. The number of benzene rings is 1. The molecule has 100 valence electrons. The molecule has 0 aromatic heterocycles. The third-order valence-corrected chi connectivity index (χ3v) is 3.03. The van der Waals surface area contributed by atoms with Gasteiger partial charge in [0.15, 0.2) is 0 Å². The van der Waals surface area contributed by atoms with Crippen LogP contribution in [0.1, 0.15) is 36.2 Å². The number of methoxy groups -OCH3 is 1. The minimum Gasteiger partial charge on any atom is -0.496 e. The van der Waals surface area contributed by atoms with Gasteiger partial charge in [0.1, 0.15) is 5.75 Å². The van der Waals surface area contributed by atoms with Gasteiger partial charge in [0.2, 0.25) is 0 Å². The number of rotatable bonds is 5. The lowest BCUT2D eigenvalue weighted by atomic mass is 10.1. The topological polar surface area (TPSA) is 38.3 Å². The monoisotopic (exact) mass is 313 g/mol. The SMILES string of the molecule is COc1ccc(C)cc1C(=O)NC(C)CC(C)Br. The minimum atomic E-state index is -0.0869. The van der Waals surface area contributed by atoms with E-state index in [1.807, 2.05) is 32.0 Å². The quantitative estimate of drug-likeness (QED) is 0.847. The molecule has 1 N–H and O–H groups in total. The van der Waals surface area contributed by atoms with Crippen molar-refractivity contribution in [3.05, 3.63) is 29.3 Å². The van der Waals surface area contributed by atoms with Crippen LogP contribution in [0.4, 0.5) is 0 Å². The number of amides is 1. The molecule has 1 rings (SSSR count). The standard InChI is InChI=1S/C14H20BrNO2/c1-9-5-6-13(18-4)12(7-9)14(17)16-11(3)8-10(2)15/h5-7,10-11H,8H2,1-4H3,(H,16,17). The fourth-order valence-electron chi connectivity index (χ4n) is 1.85. The van der Waals surface area contributed by atoms with Crippen molar-refractivity contribution in [2.75, 3.05) is 7.11 Å². The van der Waals surface area contributed by atoms with Crippen molar-refractivity contribution in [1.82, 2.24) is 5.32 Å². The van der Waals surface area contributed by atoms with Crippen LogP contribution in [-0.4, -0.2) is 23.9 Å². The molecule has 1 amide bonds. The molecule has 0 spiro atoms. The lowest BCUT2D eigenvalue weighted by molar-refractivity contribution is 0.0935. The maximum absolute atomic E-state index is 12.2. The van der Waals surface area contributed by atoms with Crippen LogP contribution in [-0.2, 0) is 0 Å². The maximum atomic E-state index is 12.2. The second kappa shape index (κ2) is 6.78. The summed E-state index contributed by atoms with van der Waals surface area (Å²) in [5.74, 6) is 0.522. The zero-order valence-corrected chi connectivity index (χ0v) is 12.9. The first-order chi connectivity index (χ1) is 8.43. The zero-order chi connectivity index (χ0) is 13.7. The number of carbonyl (C=O) groups excluding carboxylic acids is 1. The molecule has 0 fully saturated rings. The van der Waals surface area contributed by atoms with E-state index in [4.69, 9.17) is 4.74 Å². The number of halogens is 1. The van der Waals surface area contributed by atoms with Crippen LogP contribution in [0.2, 0.25) is 0 Å². The summed E-state index contributed by atoms with van der Waals surface area (Å²) in [6.45, 7) is 6.02. The number of ether oxygens (including phenoxy) is 1. The highest BCUT2D eigenvalue weighted by molar-refractivity contribution is 9.09. The van der Waals surface area contributed by atoms with Crippen molar-refractivity contribution in [3.8, 4) is 5.75 Å². The van der Waals surface area contributed by atoms with Gasteiger partial charge in [-0.15, -0.1) is 0 Å². The van der Waals surface area contributed by atoms with Crippen LogP contribution in [0.5, 0.6) is 5.75 Å². The molecule has 18 heavy (non-hydrogen) atoms. The van der Waals surface area contributed by atoms with Crippen molar-refractivity contribution in [1.29, 1.82) is 0 Å². The first kappa shape index (κ1) is 15.0.